The van der Waals surface area contributed by atoms with Crippen LogP contribution >= 0.6 is 0 Å². The molecule has 0 bridgehead atoms. The van der Waals surface area contributed by atoms with Gasteiger partial charge in [0.15, 0.2) is 0 Å². The van der Waals surface area contributed by atoms with E-state index in [4.69, 9.17) is 5.10 Å². The van der Waals surface area contributed by atoms with E-state index in [1.807, 2.05) is 82.3 Å². The van der Waals surface area contributed by atoms with E-state index in [2.05, 4.69) is 10.6 Å². The molecule has 2 amide bonds. The maximum Gasteiger partial charge on any atom is 0.255 e. The summed E-state index contributed by atoms with van der Waals surface area (Å²) in [6, 6.07) is 16.7. The number of hydrogen-bond donors (Lipinski definition) is 2. The molecule has 6 nitrogen and oxygen atoms in total. The minimum Gasteiger partial charge on any atom is -0.350 e. The molecule has 156 valence electrons. The van der Waals surface area contributed by atoms with Crippen molar-refractivity contribution >= 4 is 11.8 Å². The average molecular weight is 405 g/mol. The van der Waals surface area contributed by atoms with Crippen LogP contribution in [0.25, 0.3) is 16.9 Å². The van der Waals surface area contributed by atoms with Gasteiger partial charge in [-0.3, -0.25) is 9.59 Å². The molecule has 3 rings (SSSR count). The first-order valence-corrected chi connectivity index (χ1v) is 10.00. The van der Waals surface area contributed by atoms with Crippen LogP contribution in [-0.2, 0) is 4.79 Å². The molecule has 0 saturated heterocycles. The van der Waals surface area contributed by atoms with Gasteiger partial charge < -0.3 is 10.6 Å². The second kappa shape index (κ2) is 8.53. The number of benzene rings is 2. The van der Waals surface area contributed by atoms with E-state index in [-0.39, 0.29) is 17.4 Å². The summed E-state index contributed by atoms with van der Waals surface area (Å²) in [4.78, 5) is 25.5. The molecule has 1 unspecified atom stereocenters. The minimum atomic E-state index is -0.679. The maximum absolute atomic E-state index is 13.1. The Morgan fingerprint density at radius 1 is 1.00 bits per heavy atom. The highest BCUT2D eigenvalue weighted by molar-refractivity contribution is 6.02. The Bertz CT molecular complexity index is 1050. The van der Waals surface area contributed by atoms with Gasteiger partial charge in [-0.15, -0.1) is 0 Å². The lowest BCUT2D eigenvalue weighted by molar-refractivity contribution is -0.124. The van der Waals surface area contributed by atoms with Gasteiger partial charge in [-0.2, -0.15) is 5.10 Å². The van der Waals surface area contributed by atoms with Crippen molar-refractivity contribution in [3.05, 3.63) is 71.9 Å². The third-order valence-corrected chi connectivity index (χ3v) is 4.62. The summed E-state index contributed by atoms with van der Waals surface area (Å²) in [5, 5.41) is 10.4. The number of nitrogens with zero attached hydrogens (tertiary/aromatic N) is 2. The smallest absolute Gasteiger partial charge is 0.255 e. The number of rotatable bonds is 5. The SMILES string of the molecule is Cc1ccccc1-c1nn(-c2ccccc2)cc1C(=O)NC(C)C(=O)NC(C)(C)C. The van der Waals surface area contributed by atoms with Gasteiger partial charge >= 0.3 is 0 Å². The Balaban J connectivity index is 1.96. The maximum atomic E-state index is 13.1. The van der Waals surface area contributed by atoms with Crippen molar-refractivity contribution in [2.24, 2.45) is 0 Å². The molecular weight excluding hydrogens is 376 g/mol. The molecule has 0 aliphatic rings. The summed E-state index contributed by atoms with van der Waals surface area (Å²) in [6.07, 6.45) is 1.71. The van der Waals surface area contributed by atoms with Crippen molar-refractivity contribution < 1.29 is 9.59 Å². The second-order valence-corrected chi connectivity index (χ2v) is 8.42. The van der Waals surface area contributed by atoms with Gasteiger partial charge in [0.05, 0.1) is 11.3 Å². The first-order chi connectivity index (χ1) is 14.2. The Kier molecular flexibility index (Phi) is 6.06. The van der Waals surface area contributed by atoms with Gasteiger partial charge in [-0.25, -0.2) is 4.68 Å². The first kappa shape index (κ1) is 21.3. The van der Waals surface area contributed by atoms with Crippen LogP contribution in [-0.4, -0.2) is 33.2 Å². The van der Waals surface area contributed by atoms with E-state index in [1.165, 1.54) is 0 Å². The number of hydrogen-bond acceptors (Lipinski definition) is 3. The van der Waals surface area contributed by atoms with Crippen molar-refractivity contribution in [1.29, 1.82) is 0 Å². The fourth-order valence-corrected chi connectivity index (χ4v) is 3.11. The van der Waals surface area contributed by atoms with Crippen LogP contribution in [0.15, 0.2) is 60.8 Å². The molecule has 0 aliphatic heterocycles. The highest BCUT2D eigenvalue weighted by Crippen LogP contribution is 2.26. The molecular formula is C24H28N4O2. The number of aromatic nitrogens is 2. The van der Waals surface area contributed by atoms with Crippen LogP contribution in [0.5, 0.6) is 0 Å². The molecule has 3 aromatic rings. The van der Waals surface area contributed by atoms with E-state index in [0.717, 1.165) is 16.8 Å². The predicted octanol–water partition coefficient (Wildman–Crippen LogP) is 3.88. The van der Waals surface area contributed by atoms with Crippen molar-refractivity contribution in [2.45, 2.75) is 46.2 Å². The monoisotopic (exact) mass is 404 g/mol. The van der Waals surface area contributed by atoms with Crippen molar-refractivity contribution in [3.8, 4) is 16.9 Å². The molecule has 0 fully saturated rings. The summed E-state index contributed by atoms with van der Waals surface area (Å²) in [5.41, 5.74) is 3.37. The number of para-hydroxylation sites is 1. The Morgan fingerprint density at radius 3 is 2.27 bits per heavy atom. The minimum absolute atomic E-state index is 0.233. The van der Waals surface area contributed by atoms with Gasteiger partial charge in [0, 0.05) is 17.3 Å². The third kappa shape index (κ3) is 4.95. The third-order valence-electron chi connectivity index (χ3n) is 4.62. The standard InChI is InChI=1S/C24H28N4O2/c1-16-11-9-10-14-19(16)21-20(15-28(27-21)18-12-7-6-8-13-18)23(30)25-17(2)22(29)26-24(3,4)5/h6-15,17H,1-5H3,(H,25,30)(H,26,29). The van der Waals surface area contributed by atoms with Gasteiger partial charge in [0.1, 0.15) is 11.7 Å². The zero-order valence-corrected chi connectivity index (χ0v) is 18.1. The number of carbonyl (C=O) groups is 2. The van der Waals surface area contributed by atoms with E-state index in [0.29, 0.717) is 11.3 Å². The summed E-state index contributed by atoms with van der Waals surface area (Å²) in [6.45, 7) is 9.37. The van der Waals surface area contributed by atoms with Crippen molar-refractivity contribution in [3.63, 3.8) is 0 Å². The lowest BCUT2D eigenvalue weighted by atomic mass is 10.0. The lowest BCUT2D eigenvalue weighted by Crippen LogP contribution is -2.50. The molecule has 0 aliphatic carbocycles. The van der Waals surface area contributed by atoms with Crippen LogP contribution < -0.4 is 10.6 Å². The highest BCUT2D eigenvalue weighted by atomic mass is 16.2. The van der Waals surface area contributed by atoms with E-state index < -0.39 is 6.04 Å². The molecule has 30 heavy (non-hydrogen) atoms. The molecule has 1 heterocycles. The van der Waals surface area contributed by atoms with Crippen LogP contribution in [0.3, 0.4) is 0 Å². The largest absolute Gasteiger partial charge is 0.350 e. The molecule has 6 heteroatoms. The highest BCUT2D eigenvalue weighted by Gasteiger charge is 2.24. The van der Waals surface area contributed by atoms with Crippen LogP contribution in [0.1, 0.15) is 43.6 Å². The van der Waals surface area contributed by atoms with Crippen molar-refractivity contribution in [1.82, 2.24) is 20.4 Å². The first-order valence-electron chi connectivity index (χ1n) is 10.00. The lowest BCUT2D eigenvalue weighted by Gasteiger charge is -2.23. The zero-order valence-electron chi connectivity index (χ0n) is 18.1. The Morgan fingerprint density at radius 2 is 1.63 bits per heavy atom. The van der Waals surface area contributed by atoms with Gasteiger partial charge in [-0.05, 0) is 52.3 Å². The number of carbonyl (C=O) groups excluding carboxylic acids is 2. The molecule has 0 saturated carbocycles. The Labute approximate surface area is 177 Å². The van der Waals surface area contributed by atoms with Crippen LogP contribution in [0.4, 0.5) is 0 Å². The molecule has 2 aromatic carbocycles. The van der Waals surface area contributed by atoms with Crippen molar-refractivity contribution in [2.75, 3.05) is 0 Å². The van der Waals surface area contributed by atoms with Crippen LogP contribution in [0.2, 0.25) is 0 Å². The van der Waals surface area contributed by atoms with Gasteiger partial charge in [-0.1, -0.05) is 42.5 Å². The quantitative estimate of drug-likeness (QED) is 0.678. The Hall–Kier alpha value is -3.41. The molecule has 1 atom stereocenters. The molecule has 0 spiro atoms. The summed E-state index contributed by atoms with van der Waals surface area (Å²) >= 11 is 0. The predicted molar refractivity (Wildman–Crippen MR) is 119 cm³/mol. The summed E-state index contributed by atoms with van der Waals surface area (Å²) in [7, 11) is 0. The zero-order chi connectivity index (χ0) is 21.9. The summed E-state index contributed by atoms with van der Waals surface area (Å²) in [5.74, 6) is -0.573. The number of amides is 2. The normalized spacial score (nSPS) is 12.3. The van der Waals surface area contributed by atoms with E-state index >= 15 is 0 Å². The topological polar surface area (TPSA) is 76.0 Å². The van der Waals surface area contributed by atoms with E-state index in [1.54, 1.807) is 17.8 Å². The van der Waals surface area contributed by atoms with Gasteiger partial charge in [0.25, 0.3) is 5.91 Å². The fraction of sp³-hybridized carbons (Fsp3) is 0.292. The van der Waals surface area contributed by atoms with Crippen LogP contribution in [0, 0.1) is 6.92 Å². The number of aryl methyl sites for hydroxylation is 1. The molecule has 2 N–H and O–H groups in total. The fourth-order valence-electron chi connectivity index (χ4n) is 3.11. The van der Waals surface area contributed by atoms with E-state index in [9.17, 15) is 9.59 Å². The average Bonchev–Trinajstić information content (AvgIpc) is 3.13. The summed E-state index contributed by atoms with van der Waals surface area (Å²) < 4.78 is 1.69. The molecule has 1 aromatic heterocycles. The van der Waals surface area contributed by atoms with Gasteiger partial charge in [0.2, 0.25) is 5.91 Å². The number of nitrogens with one attached hydrogen (secondary N) is 2. The second-order valence-electron chi connectivity index (χ2n) is 8.42. The molecule has 0 radical (unpaired) electrons.